The van der Waals surface area contributed by atoms with Gasteiger partial charge < -0.3 is 25.2 Å². The van der Waals surface area contributed by atoms with Crippen molar-refractivity contribution >= 4 is 34.0 Å². The Hall–Kier alpha value is -3.61. The number of ether oxygens (including phenoxy) is 1. The van der Waals surface area contributed by atoms with Crippen molar-refractivity contribution in [2.24, 2.45) is 5.92 Å². The minimum Gasteiger partial charge on any atom is -0.444 e. The van der Waals surface area contributed by atoms with Gasteiger partial charge in [0.2, 0.25) is 15.9 Å². The number of amides is 5. The van der Waals surface area contributed by atoms with Crippen molar-refractivity contribution < 1.29 is 32.3 Å². The highest BCUT2D eigenvalue weighted by atomic mass is 32.2. The molecule has 4 atom stereocenters. The fraction of sp³-hybridized carbons (Fsp3) is 0.600. The SMILES string of the molecule is O=C1N[C@]2(C(=O)NS(=O)(=O)C3CC3)C[C@@H]2/C=C\CCCCCNC(=O)N2C[C@H](OC(=O)N3CCc4ccccc4C3)C[C@@H]12. The monoisotopic (exact) mass is 613 g/mol. The van der Waals surface area contributed by atoms with Crippen LogP contribution in [0.1, 0.15) is 62.5 Å². The molecule has 3 heterocycles. The molecule has 2 saturated carbocycles. The van der Waals surface area contributed by atoms with Crippen molar-refractivity contribution in [1.82, 2.24) is 25.2 Å². The second-order valence-electron chi connectivity index (χ2n) is 12.3. The first kappa shape index (κ1) is 29.5. The molecule has 3 aliphatic heterocycles. The summed E-state index contributed by atoms with van der Waals surface area (Å²) in [6.45, 7) is 1.40. The van der Waals surface area contributed by atoms with Gasteiger partial charge in [-0.1, -0.05) is 42.8 Å². The van der Waals surface area contributed by atoms with E-state index in [2.05, 4.69) is 15.4 Å². The summed E-state index contributed by atoms with van der Waals surface area (Å²) in [6, 6.07) is 6.49. The molecule has 6 rings (SSSR count). The van der Waals surface area contributed by atoms with Gasteiger partial charge in [-0.3, -0.25) is 14.3 Å². The summed E-state index contributed by atoms with van der Waals surface area (Å²) in [4.78, 5) is 56.5. The Bertz CT molecular complexity index is 1430. The maximum atomic E-state index is 13.8. The number of hydrogen-bond donors (Lipinski definition) is 3. The number of urea groups is 1. The van der Waals surface area contributed by atoms with Crippen LogP contribution in [0.4, 0.5) is 9.59 Å². The first-order chi connectivity index (χ1) is 20.7. The summed E-state index contributed by atoms with van der Waals surface area (Å²) in [5, 5.41) is 5.11. The van der Waals surface area contributed by atoms with Crippen LogP contribution in [-0.2, 0) is 37.3 Å². The summed E-state index contributed by atoms with van der Waals surface area (Å²) in [6.07, 6.45) is 7.99. The van der Waals surface area contributed by atoms with Crippen LogP contribution in [0.2, 0.25) is 0 Å². The zero-order valence-electron chi connectivity index (χ0n) is 24.1. The molecule has 1 aromatic carbocycles. The standard InChI is InChI=1S/C30H39N5O7S/c36-26-25-16-23(42-29(39)34-15-13-20-8-5-6-9-21(20)18-34)19-35(25)28(38)31-14-7-3-1-2-4-10-22-17-30(22,32-26)27(37)33-43(40,41)24-11-12-24/h4-6,8-10,22-25H,1-3,7,11-19H2,(H,31,38)(H,32,36)(H,33,37)/b10-4-/t22-,23+,25-,30+/m0/s1. The second kappa shape index (κ2) is 11.8. The van der Waals surface area contributed by atoms with Crippen molar-refractivity contribution in [1.29, 1.82) is 0 Å². The third-order valence-electron chi connectivity index (χ3n) is 9.14. The molecule has 3 N–H and O–H groups in total. The van der Waals surface area contributed by atoms with Gasteiger partial charge in [0, 0.05) is 32.0 Å². The molecule has 13 heteroatoms. The van der Waals surface area contributed by atoms with Crippen LogP contribution >= 0.6 is 0 Å². The Morgan fingerprint density at radius 2 is 1.86 bits per heavy atom. The van der Waals surface area contributed by atoms with Gasteiger partial charge in [0.05, 0.1) is 11.8 Å². The number of nitrogens with one attached hydrogen (secondary N) is 3. The molecule has 2 aliphatic carbocycles. The molecule has 0 aromatic heterocycles. The number of allylic oxidation sites excluding steroid dienone is 1. The van der Waals surface area contributed by atoms with Crippen molar-refractivity contribution in [3.63, 3.8) is 0 Å². The maximum absolute atomic E-state index is 13.8. The lowest BCUT2D eigenvalue weighted by Crippen LogP contribution is -2.57. The van der Waals surface area contributed by atoms with E-state index in [1.807, 2.05) is 36.4 Å². The Morgan fingerprint density at radius 1 is 1.07 bits per heavy atom. The summed E-state index contributed by atoms with van der Waals surface area (Å²) in [5.41, 5.74) is 0.833. The average Bonchev–Trinajstić information content (AvgIpc) is 3.91. The number of hydrogen-bond acceptors (Lipinski definition) is 7. The van der Waals surface area contributed by atoms with Crippen LogP contribution < -0.4 is 15.4 Å². The number of benzene rings is 1. The van der Waals surface area contributed by atoms with Crippen LogP contribution in [0.25, 0.3) is 0 Å². The van der Waals surface area contributed by atoms with Gasteiger partial charge in [-0.25, -0.2) is 18.0 Å². The van der Waals surface area contributed by atoms with Gasteiger partial charge in [-0.2, -0.15) is 0 Å². The topological polar surface area (TPSA) is 154 Å². The molecule has 0 unspecified atom stereocenters. The highest BCUT2D eigenvalue weighted by Gasteiger charge is 2.62. The maximum Gasteiger partial charge on any atom is 0.410 e. The molecule has 1 saturated heterocycles. The van der Waals surface area contributed by atoms with Crippen LogP contribution in [0.15, 0.2) is 36.4 Å². The molecule has 3 fully saturated rings. The number of rotatable bonds is 4. The second-order valence-corrected chi connectivity index (χ2v) is 14.3. The lowest BCUT2D eigenvalue weighted by Gasteiger charge is -2.29. The molecule has 232 valence electrons. The third-order valence-corrected chi connectivity index (χ3v) is 11.0. The smallest absolute Gasteiger partial charge is 0.410 e. The molecular weight excluding hydrogens is 574 g/mol. The lowest BCUT2D eigenvalue weighted by molar-refractivity contribution is -0.131. The number of carbonyl (C=O) groups excluding carboxylic acids is 4. The van der Waals surface area contributed by atoms with E-state index in [0.717, 1.165) is 31.2 Å². The number of fused-ring (bicyclic) bond motifs is 3. The first-order valence-corrected chi connectivity index (χ1v) is 16.8. The fourth-order valence-electron chi connectivity index (χ4n) is 6.31. The summed E-state index contributed by atoms with van der Waals surface area (Å²) in [7, 11) is -3.82. The Kier molecular flexibility index (Phi) is 8.10. The predicted octanol–water partition coefficient (Wildman–Crippen LogP) is 1.95. The molecule has 0 bridgehead atoms. The minimum atomic E-state index is -3.82. The first-order valence-electron chi connectivity index (χ1n) is 15.3. The van der Waals surface area contributed by atoms with Crippen molar-refractivity contribution in [2.45, 2.75) is 87.3 Å². The average molecular weight is 614 g/mol. The van der Waals surface area contributed by atoms with Crippen LogP contribution in [0.5, 0.6) is 0 Å². The summed E-state index contributed by atoms with van der Waals surface area (Å²) >= 11 is 0. The van der Waals surface area contributed by atoms with Crippen molar-refractivity contribution in [3.8, 4) is 0 Å². The van der Waals surface area contributed by atoms with Gasteiger partial charge in [-0.15, -0.1) is 0 Å². The molecule has 0 spiro atoms. The van der Waals surface area contributed by atoms with Gasteiger partial charge in [0.1, 0.15) is 17.7 Å². The van der Waals surface area contributed by atoms with E-state index in [4.69, 9.17) is 4.74 Å². The quantitative estimate of drug-likeness (QED) is 0.439. The lowest BCUT2D eigenvalue weighted by atomic mass is 10.0. The Labute approximate surface area is 251 Å². The third kappa shape index (κ3) is 6.36. The van der Waals surface area contributed by atoms with Gasteiger partial charge >= 0.3 is 12.1 Å². The number of nitrogens with zero attached hydrogens (tertiary/aromatic N) is 2. The zero-order chi connectivity index (χ0) is 30.2. The fourth-order valence-corrected chi connectivity index (χ4v) is 7.68. The highest BCUT2D eigenvalue weighted by molar-refractivity contribution is 7.91. The van der Waals surface area contributed by atoms with Crippen molar-refractivity contribution in [2.75, 3.05) is 19.6 Å². The van der Waals surface area contributed by atoms with E-state index >= 15 is 0 Å². The van der Waals surface area contributed by atoms with Gasteiger partial charge in [-0.05, 0) is 56.1 Å². The van der Waals surface area contributed by atoms with E-state index in [-0.39, 0.29) is 25.3 Å². The molecule has 43 heavy (non-hydrogen) atoms. The summed E-state index contributed by atoms with van der Waals surface area (Å²) < 4.78 is 33.2. The van der Waals surface area contributed by atoms with E-state index in [1.54, 1.807) is 4.90 Å². The van der Waals surface area contributed by atoms with Crippen LogP contribution in [-0.4, -0.2) is 84.7 Å². The predicted molar refractivity (Wildman–Crippen MR) is 156 cm³/mol. The molecule has 5 aliphatic rings. The molecular formula is C30H39N5O7S. The Morgan fingerprint density at radius 3 is 2.65 bits per heavy atom. The minimum absolute atomic E-state index is 0.0265. The largest absolute Gasteiger partial charge is 0.444 e. The van der Waals surface area contributed by atoms with E-state index in [1.165, 1.54) is 10.5 Å². The van der Waals surface area contributed by atoms with Gasteiger partial charge in [0.15, 0.2) is 0 Å². The van der Waals surface area contributed by atoms with E-state index in [0.29, 0.717) is 38.9 Å². The van der Waals surface area contributed by atoms with E-state index in [9.17, 15) is 27.6 Å². The van der Waals surface area contributed by atoms with Crippen LogP contribution in [0, 0.1) is 5.92 Å². The molecule has 0 radical (unpaired) electrons. The molecule has 5 amide bonds. The highest BCUT2D eigenvalue weighted by Crippen LogP contribution is 2.46. The normalized spacial score (nSPS) is 30.3. The summed E-state index contributed by atoms with van der Waals surface area (Å²) in [5.74, 6) is -1.70. The number of sulfonamides is 1. The zero-order valence-corrected chi connectivity index (χ0v) is 24.9. The van der Waals surface area contributed by atoms with Crippen LogP contribution in [0.3, 0.4) is 0 Å². The molecule has 1 aromatic rings. The van der Waals surface area contributed by atoms with E-state index < -0.39 is 56.9 Å². The Balaban J connectivity index is 1.18. The molecule has 12 nitrogen and oxygen atoms in total. The van der Waals surface area contributed by atoms with Crippen molar-refractivity contribution in [3.05, 3.63) is 47.5 Å². The number of carbonyl (C=O) groups is 4. The van der Waals surface area contributed by atoms with Gasteiger partial charge in [0.25, 0.3) is 5.91 Å².